The summed E-state index contributed by atoms with van der Waals surface area (Å²) in [6.45, 7) is 1.83. The van der Waals surface area contributed by atoms with Crippen molar-refractivity contribution in [1.29, 1.82) is 0 Å². The van der Waals surface area contributed by atoms with Crippen LogP contribution in [-0.4, -0.2) is 23.4 Å². The number of hydrogen-bond donors (Lipinski definition) is 0. The Morgan fingerprint density at radius 3 is 1.67 bits per heavy atom. The molecule has 3 rings (SSSR count). The normalized spacial score (nSPS) is 25.3. The van der Waals surface area contributed by atoms with Gasteiger partial charge in [-0.2, -0.15) is 0 Å². The lowest BCUT2D eigenvalue weighted by Gasteiger charge is -2.25. The minimum atomic E-state index is 0.917. The Labute approximate surface area is 35.0 Å². The minimum absolute atomic E-state index is 0.917. The molecule has 0 aromatic rings. The molecule has 1 fully saturated rings. The third-order valence-electron chi connectivity index (χ3n) is 0.946. The second-order valence-corrected chi connectivity index (χ2v) is 1.47. The molecule has 3 heterocycles. The van der Waals surface area contributed by atoms with Crippen molar-refractivity contribution in [2.45, 2.75) is 0 Å². The molecule has 0 saturated carbocycles. The van der Waals surface area contributed by atoms with Crippen molar-refractivity contribution < 1.29 is 0 Å². The van der Waals surface area contributed by atoms with Crippen molar-refractivity contribution in [1.82, 2.24) is 10.0 Å². The summed E-state index contributed by atoms with van der Waals surface area (Å²) in [6, 6.07) is 0. The predicted molar refractivity (Wildman–Crippen MR) is 18.3 cm³/mol. The van der Waals surface area contributed by atoms with Crippen LogP contribution in [-0.2, 0) is 0 Å². The van der Waals surface area contributed by atoms with Crippen LogP contribution in [0, 0.1) is 0 Å². The van der Waals surface area contributed by atoms with Crippen LogP contribution < -0.4 is 0 Å². The Morgan fingerprint density at radius 2 is 1.50 bits per heavy atom. The van der Waals surface area contributed by atoms with E-state index < -0.39 is 0 Å². The molecule has 2 bridgehead atoms. The molecule has 3 aliphatic rings. The summed E-state index contributed by atoms with van der Waals surface area (Å²) >= 11 is 0. The van der Waals surface area contributed by atoms with E-state index in [9.17, 15) is 0 Å². The van der Waals surface area contributed by atoms with Crippen LogP contribution in [0.1, 0.15) is 0 Å². The molecule has 0 amide bonds. The average molecular weight is 84.1 g/mol. The maximum absolute atomic E-state index is 3.69. The molecular weight excluding hydrogens is 80.0 g/mol. The second kappa shape index (κ2) is 0.508. The van der Waals surface area contributed by atoms with Crippen LogP contribution in [0.4, 0.5) is 0 Å². The lowest BCUT2D eigenvalue weighted by atomic mass is 10.7. The smallest absolute Gasteiger partial charge is 0.131 e. The van der Waals surface area contributed by atoms with Crippen molar-refractivity contribution in [3.63, 3.8) is 0 Å². The number of nitrogens with zero attached hydrogens (tertiary/aromatic N) is 4. The predicted octanol–water partition coefficient (Wildman–Crippen LogP) is -0.185. The van der Waals surface area contributed by atoms with Gasteiger partial charge in [-0.15, -0.1) is 0 Å². The molecule has 0 unspecified atom stereocenters. The van der Waals surface area contributed by atoms with Crippen LogP contribution in [0.25, 0.3) is 0 Å². The lowest BCUT2D eigenvalue weighted by Crippen LogP contribution is -2.42. The summed E-state index contributed by atoms with van der Waals surface area (Å²) < 4.78 is 0. The van der Waals surface area contributed by atoms with Crippen molar-refractivity contribution in [3.8, 4) is 0 Å². The largest absolute Gasteiger partial charge is 0.234 e. The minimum Gasteiger partial charge on any atom is -0.234 e. The van der Waals surface area contributed by atoms with Crippen molar-refractivity contribution >= 4 is 0 Å². The van der Waals surface area contributed by atoms with Gasteiger partial charge in [0.05, 0.1) is 0 Å². The van der Waals surface area contributed by atoms with Gasteiger partial charge in [0.15, 0.2) is 0 Å². The maximum Gasteiger partial charge on any atom is 0.131 e. The first-order valence-electron chi connectivity index (χ1n) is 1.86. The Morgan fingerprint density at radius 1 is 1.00 bits per heavy atom. The van der Waals surface area contributed by atoms with Gasteiger partial charge in [-0.25, -0.2) is 10.0 Å². The van der Waals surface area contributed by atoms with E-state index in [1.807, 2.05) is 10.0 Å². The van der Waals surface area contributed by atoms with Gasteiger partial charge in [-0.3, -0.25) is 0 Å². The zero-order valence-electron chi connectivity index (χ0n) is 3.20. The van der Waals surface area contributed by atoms with E-state index in [2.05, 4.69) is 10.4 Å². The Balaban J connectivity index is 2.32. The van der Waals surface area contributed by atoms with Crippen molar-refractivity contribution in [3.05, 3.63) is 0 Å². The molecule has 0 atom stereocenters. The van der Waals surface area contributed by atoms with Gasteiger partial charge < -0.3 is 0 Å². The number of rotatable bonds is 0. The highest BCUT2D eigenvalue weighted by Gasteiger charge is 2.27. The van der Waals surface area contributed by atoms with Gasteiger partial charge in [0.2, 0.25) is 0 Å². The third kappa shape index (κ3) is 0.104. The Kier molecular flexibility index (Phi) is 0.202. The van der Waals surface area contributed by atoms with Gasteiger partial charge in [0.1, 0.15) is 13.3 Å². The van der Waals surface area contributed by atoms with Crippen LogP contribution in [0.15, 0.2) is 10.4 Å². The van der Waals surface area contributed by atoms with E-state index in [1.165, 1.54) is 0 Å². The quantitative estimate of drug-likeness (QED) is 0.407. The first-order valence-corrected chi connectivity index (χ1v) is 1.86. The monoisotopic (exact) mass is 84.0 g/mol. The Hall–Kier alpha value is -0.800. The highest BCUT2D eigenvalue weighted by Crippen LogP contribution is 2.16. The second-order valence-electron chi connectivity index (χ2n) is 1.47. The van der Waals surface area contributed by atoms with Gasteiger partial charge in [0.25, 0.3) is 0 Å². The molecule has 0 aromatic carbocycles. The summed E-state index contributed by atoms with van der Waals surface area (Å²) in [6.07, 6.45) is 0. The van der Waals surface area contributed by atoms with Gasteiger partial charge in [-0.1, -0.05) is 0 Å². The summed E-state index contributed by atoms with van der Waals surface area (Å²) in [7, 11) is 0. The fourth-order valence-corrected chi connectivity index (χ4v) is 0.562. The molecule has 0 radical (unpaired) electrons. The van der Waals surface area contributed by atoms with E-state index in [4.69, 9.17) is 0 Å². The van der Waals surface area contributed by atoms with Crippen molar-refractivity contribution in [2.75, 3.05) is 13.3 Å². The van der Waals surface area contributed by atoms with E-state index in [-0.39, 0.29) is 0 Å². The summed E-state index contributed by atoms with van der Waals surface area (Å²) in [5.41, 5.74) is 0. The summed E-state index contributed by atoms with van der Waals surface area (Å²) in [4.78, 5) is 0. The Bertz CT molecular complexity index is 81.7. The molecule has 4 nitrogen and oxygen atoms in total. The van der Waals surface area contributed by atoms with Crippen LogP contribution in [0.5, 0.6) is 0 Å². The van der Waals surface area contributed by atoms with E-state index >= 15 is 0 Å². The molecule has 3 aliphatic heterocycles. The molecule has 1 saturated heterocycles. The van der Waals surface area contributed by atoms with Crippen LogP contribution in [0.2, 0.25) is 0 Å². The molecule has 0 spiro atoms. The number of hydrogen-bond acceptors (Lipinski definition) is 4. The fraction of sp³-hybridized carbons (Fsp3) is 1.00. The highest BCUT2D eigenvalue weighted by molar-refractivity contribution is 4.64. The molecule has 0 N–H and O–H groups in total. The molecule has 0 aromatic heterocycles. The SMILES string of the molecule is C1N2CN1N=N2. The van der Waals surface area contributed by atoms with Crippen LogP contribution >= 0.6 is 0 Å². The maximum atomic E-state index is 3.69. The summed E-state index contributed by atoms with van der Waals surface area (Å²) in [5.74, 6) is 0. The first-order chi connectivity index (χ1) is 2.95. The summed E-state index contributed by atoms with van der Waals surface area (Å²) in [5, 5.41) is 11.2. The fourth-order valence-electron chi connectivity index (χ4n) is 0.562. The third-order valence-corrected chi connectivity index (χ3v) is 0.946. The molecular formula is C2H4N4. The van der Waals surface area contributed by atoms with Gasteiger partial charge in [0, 0.05) is 0 Å². The molecule has 0 aliphatic carbocycles. The standard InChI is InChI=1S/C2H4N4/c1-5-2-6(1)4-3-5/h1-2H2. The zero-order valence-corrected chi connectivity index (χ0v) is 3.20. The first kappa shape index (κ1) is 2.39. The van der Waals surface area contributed by atoms with E-state index in [1.54, 1.807) is 0 Å². The van der Waals surface area contributed by atoms with Crippen molar-refractivity contribution in [2.24, 2.45) is 10.4 Å². The molecule has 4 heteroatoms. The van der Waals surface area contributed by atoms with Gasteiger partial charge in [-0.05, 0) is 10.4 Å². The van der Waals surface area contributed by atoms with Gasteiger partial charge >= 0.3 is 0 Å². The lowest BCUT2D eigenvalue weighted by molar-refractivity contribution is 0.0420. The molecule has 32 valence electrons. The average Bonchev–Trinajstić information content (AvgIpc) is 1.72. The van der Waals surface area contributed by atoms with E-state index in [0.29, 0.717) is 0 Å². The van der Waals surface area contributed by atoms with Crippen LogP contribution in [0.3, 0.4) is 0 Å². The highest BCUT2D eigenvalue weighted by atomic mass is 15.9. The zero-order chi connectivity index (χ0) is 3.98. The molecule has 6 heavy (non-hydrogen) atoms. The van der Waals surface area contributed by atoms with E-state index in [0.717, 1.165) is 13.3 Å². The topological polar surface area (TPSA) is 31.2 Å².